The van der Waals surface area contributed by atoms with Gasteiger partial charge in [0.25, 0.3) is 0 Å². The maximum absolute atomic E-state index is 5.45. The molecule has 0 radical (unpaired) electrons. The highest BCUT2D eigenvalue weighted by atomic mass is 16.5. The molecule has 2 heterocycles. The van der Waals surface area contributed by atoms with Crippen LogP contribution >= 0.6 is 0 Å². The first kappa shape index (κ1) is 15.7. The summed E-state index contributed by atoms with van der Waals surface area (Å²) in [5, 5.41) is 3.31. The summed E-state index contributed by atoms with van der Waals surface area (Å²) < 4.78 is 5.35. The van der Waals surface area contributed by atoms with Crippen molar-refractivity contribution in [3.63, 3.8) is 0 Å². The molecule has 1 fully saturated rings. The van der Waals surface area contributed by atoms with E-state index in [1.165, 1.54) is 0 Å². The van der Waals surface area contributed by atoms with E-state index in [-0.39, 0.29) is 6.04 Å². The first-order valence-electron chi connectivity index (χ1n) is 7.40. The van der Waals surface area contributed by atoms with Crippen molar-refractivity contribution in [3.8, 4) is 0 Å². The first-order valence-corrected chi connectivity index (χ1v) is 7.40. The Balaban J connectivity index is 2.12. The molecule has 1 aliphatic rings. The standard InChI is InChI=1S/C13H25N7O/c1-9(2)8-10(3)15-11-16-12(19-14)18-13(17-11)20-4-6-21-7-5-20/h9-10H,4-8,14H2,1-3H3,(H2,15,16,17,18,19). The second-order valence-electron chi connectivity index (χ2n) is 5.70. The van der Waals surface area contributed by atoms with E-state index in [0.29, 0.717) is 37.0 Å². The molecular weight excluding hydrogens is 270 g/mol. The van der Waals surface area contributed by atoms with Crippen LogP contribution in [-0.2, 0) is 4.74 Å². The van der Waals surface area contributed by atoms with E-state index >= 15 is 0 Å². The fraction of sp³-hybridized carbons (Fsp3) is 0.769. The van der Waals surface area contributed by atoms with Crippen LogP contribution < -0.4 is 21.5 Å². The third-order valence-corrected chi connectivity index (χ3v) is 3.25. The van der Waals surface area contributed by atoms with E-state index in [9.17, 15) is 0 Å². The SMILES string of the molecule is CC(C)CC(C)Nc1nc(NN)nc(N2CCOCC2)n1. The number of nitrogens with two attached hydrogens (primary N) is 1. The van der Waals surface area contributed by atoms with Crippen molar-refractivity contribution in [2.45, 2.75) is 33.2 Å². The molecule has 0 amide bonds. The predicted octanol–water partition coefficient (Wildman–Crippen LogP) is 0.840. The number of aromatic nitrogens is 3. The number of rotatable bonds is 6. The summed E-state index contributed by atoms with van der Waals surface area (Å²) in [6, 6.07) is 0.288. The van der Waals surface area contributed by atoms with Crippen molar-refractivity contribution in [2.75, 3.05) is 41.9 Å². The van der Waals surface area contributed by atoms with Crippen LogP contribution in [0.15, 0.2) is 0 Å². The zero-order valence-corrected chi connectivity index (χ0v) is 13.0. The molecule has 21 heavy (non-hydrogen) atoms. The number of hydrogen-bond donors (Lipinski definition) is 3. The average molecular weight is 295 g/mol. The first-order chi connectivity index (χ1) is 10.1. The Kier molecular flexibility index (Phi) is 5.51. The van der Waals surface area contributed by atoms with E-state index in [1.54, 1.807) is 0 Å². The summed E-state index contributed by atoms with van der Waals surface area (Å²) in [6.45, 7) is 9.42. The zero-order chi connectivity index (χ0) is 15.2. The zero-order valence-electron chi connectivity index (χ0n) is 13.0. The Bertz CT molecular complexity index is 448. The van der Waals surface area contributed by atoms with Gasteiger partial charge in [-0.1, -0.05) is 13.8 Å². The molecule has 8 heteroatoms. The van der Waals surface area contributed by atoms with E-state index in [2.05, 4.69) is 51.4 Å². The van der Waals surface area contributed by atoms with E-state index in [0.717, 1.165) is 19.5 Å². The molecule has 0 spiro atoms. The normalized spacial score (nSPS) is 16.9. The molecular formula is C13H25N7O. The van der Waals surface area contributed by atoms with Gasteiger partial charge in [-0.2, -0.15) is 15.0 Å². The van der Waals surface area contributed by atoms with Crippen LogP contribution in [0.1, 0.15) is 27.2 Å². The molecule has 2 rings (SSSR count). The molecule has 8 nitrogen and oxygen atoms in total. The molecule has 0 saturated carbocycles. The van der Waals surface area contributed by atoms with Crippen LogP contribution in [0.3, 0.4) is 0 Å². The third kappa shape index (κ3) is 4.68. The van der Waals surface area contributed by atoms with E-state index in [1.807, 2.05) is 0 Å². The number of nitrogens with zero attached hydrogens (tertiary/aromatic N) is 4. The second kappa shape index (κ2) is 7.37. The van der Waals surface area contributed by atoms with Gasteiger partial charge >= 0.3 is 0 Å². The van der Waals surface area contributed by atoms with Crippen molar-refractivity contribution in [1.82, 2.24) is 15.0 Å². The number of nitrogen functional groups attached to an aromatic ring is 1. The fourth-order valence-electron chi connectivity index (χ4n) is 2.39. The van der Waals surface area contributed by atoms with Gasteiger partial charge < -0.3 is 15.0 Å². The highest BCUT2D eigenvalue weighted by molar-refractivity contribution is 5.43. The predicted molar refractivity (Wildman–Crippen MR) is 83.2 cm³/mol. The molecule has 0 aromatic carbocycles. The van der Waals surface area contributed by atoms with Gasteiger partial charge in [-0.05, 0) is 19.3 Å². The van der Waals surface area contributed by atoms with Crippen LogP contribution in [0.25, 0.3) is 0 Å². The Labute approximate surface area is 125 Å². The molecule has 118 valence electrons. The van der Waals surface area contributed by atoms with Gasteiger partial charge in [0, 0.05) is 19.1 Å². The lowest BCUT2D eigenvalue weighted by molar-refractivity contribution is 0.122. The summed E-state index contributed by atoms with van der Waals surface area (Å²) >= 11 is 0. The lowest BCUT2D eigenvalue weighted by atomic mass is 10.1. The number of ether oxygens (including phenoxy) is 1. The molecule has 0 bridgehead atoms. The van der Waals surface area contributed by atoms with Gasteiger partial charge in [0.1, 0.15) is 0 Å². The van der Waals surface area contributed by atoms with Crippen LogP contribution in [0.2, 0.25) is 0 Å². The Morgan fingerprint density at radius 3 is 2.43 bits per heavy atom. The molecule has 1 aromatic rings. The van der Waals surface area contributed by atoms with Crippen molar-refractivity contribution in [1.29, 1.82) is 0 Å². The summed E-state index contributed by atoms with van der Waals surface area (Å²) in [7, 11) is 0. The monoisotopic (exact) mass is 295 g/mol. The molecule has 0 aliphatic carbocycles. The third-order valence-electron chi connectivity index (χ3n) is 3.25. The van der Waals surface area contributed by atoms with Gasteiger partial charge in [-0.25, -0.2) is 5.84 Å². The Morgan fingerprint density at radius 2 is 1.81 bits per heavy atom. The molecule has 1 aliphatic heterocycles. The smallest absolute Gasteiger partial charge is 0.243 e. The number of nitrogens with one attached hydrogen (secondary N) is 2. The van der Waals surface area contributed by atoms with Crippen LogP contribution in [0.4, 0.5) is 17.8 Å². The van der Waals surface area contributed by atoms with Gasteiger partial charge in [-0.3, -0.25) is 5.43 Å². The maximum Gasteiger partial charge on any atom is 0.243 e. The molecule has 1 saturated heterocycles. The number of morpholine rings is 1. The van der Waals surface area contributed by atoms with Crippen LogP contribution in [0, 0.1) is 5.92 Å². The van der Waals surface area contributed by atoms with Crippen molar-refractivity contribution in [3.05, 3.63) is 0 Å². The highest BCUT2D eigenvalue weighted by Gasteiger charge is 2.17. The Hall–Kier alpha value is -1.67. The minimum Gasteiger partial charge on any atom is -0.378 e. The van der Waals surface area contributed by atoms with E-state index < -0.39 is 0 Å². The maximum atomic E-state index is 5.45. The van der Waals surface area contributed by atoms with Crippen LogP contribution in [-0.4, -0.2) is 47.3 Å². The topological polar surface area (TPSA) is 101 Å². The van der Waals surface area contributed by atoms with E-state index in [4.69, 9.17) is 10.6 Å². The van der Waals surface area contributed by atoms with Gasteiger partial charge in [0.2, 0.25) is 17.8 Å². The summed E-state index contributed by atoms with van der Waals surface area (Å²) in [6.07, 6.45) is 1.05. The number of hydrogen-bond acceptors (Lipinski definition) is 8. The van der Waals surface area contributed by atoms with Gasteiger partial charge in [-0.15, -0.1) is 0 Å². The molecule has 1 aromatic heterocycles. The number of anilines is 3. The summed E-state index contributed by atoms with van der Waals surface area (Å²) in [4.78, 5) is 15.1. The summed E-state index contributed by atoms with van der Waals surface area (Å²) in [5.74, 6) is 7.61. The highest BCUT2D eigenvalue weighted by Crippen LogP contribution is 2.16. The molecule has 1 atom stereocenters. The van der Waals surface area contributed by atoms with Crippen molar-refractivity contribution in [2.24, 2.45) is 11.8 Å². The number of hydrazine groups is 1. The minimum absolute atomic E-state index is 0.288. The minimum atomic E-state index is 0.288. The average Bonchev–Trinajstić information content (AvgIpc) is 2.46. The molecule has 1 unspecified atom stereocenters. The fourth-order valence-corrected chi connectivity index (χ4v) is 2.39. The Morgan fingerprint density at radius 1 is 1.14 bits per heavy atom. The quantitative estimate of drug-likeness (QED) is 0.524. The largest absolute Gasteiger partial charge is 0.378 e. The molecule has 4 N–H and O–H groups in total. The van der Waals surface area contributed by atoms with Crippen molar-refractivity contribution < 1.29 is 4.74 Å². The lowest BCUT2D eigenvalue weighted by Gasteiger charge is -2.27. The van der Waals surface area contributed by atoms with Crippen molar-refractivity contribution >= 4 is 17.8 Å². The second-order valence-corrected chi connectivity index (χ2v) is 5.70. The lowest BCUT2D eigenvalue weighted by Crippen LogP contribution is -2.37. The summed E-state index contributed by atoms with van der Waals surface area (Å²) in [5.41, 5.74) is 2.50. The van der Waals surface area contributed by atoms with Gasteiger partial charge in [0.05, 0.1) is 13.2 Å². The van der Waals surface area contributed by atoms with Crippen LogP contribution in [0.5, 0.6) is 0 Å². The van der Waals surface area contributed by atoms with Gasteiger partial charge in [0.15, 0.2) is 0 Å².